The highest BCUT2D eigenvalue weighted by Crippen LogP contribution is 2.09. The molecule has 0 atom stereocenters. The Balaban J connectivity index is 0. The van der Waals surface area contributed by atoms with Crippen LogP contribution in [0.1, 0.15) is 0 Å². The van der Waals surface area contributed by atoms with Gasteiger partial charge in [-0.05, 0) is 12.1 Å². The van der Waals surface area contributed by atoms with Gasteiger partial charge in [0.2, 0.25) is 0 Å². The summed E-state index contributed by atoms with van der Waals surface area (Å²) in [5.74, 6) is -1.32. The van der Waals surface area contributed by atoms with Gasteiger partial charge in [0.15, 0.2) is 0 Å². The van der Waals surface area contributed by atoms with E-state index in [-0.39, 0.29) is 30.5 Å². The van der Waals surface area contributed by atoms with Crippen molar-refractivity contribution in [2.75, 3.05) is 5.73 Å². The molecule has 5 heteroatoms. The first kappa shape index (κ1) is 13.1. The molecule has 0 radical (unpaired) electrons. The highest BCUT2D eigenvalue weighted by molar-refractivity contribution is 5.85. The molecular weight excluding hydrogens is 195 g/mol. The van der Waals surface area contributed by atoms with Crippen LogP contribution in [0.15, 0.2) is 18.2 Å². The first-order chi connectivity index (χ1) is 4.20. The van der Waals surface area contributed by atoms with E-state index in [0.717, 1.165) is 12.1 Å². The van der Waals surface area contributed by atoms with E-state index in [9.17, 15) is 8.78 Å². The summed E-state index contributed by atoms with van der Waals surface area (Å²) in [5.41, 5.74) is 5.02. The van der Waals surface area contributed by atoms with Crippen LogP contribution in [0.2, 0.25) is 0 Å². The molecule has 0 aliphatic rings. The lowest BCUT2D eigenvalue weighted by molar-refractivity contribution is 0.586. The average Bonchev–Trinajstić information content (AvgIpc) is 1.80. The zero-order valence-electron chi connectivity index (χ0n) is 5.38. The zero-order chi connectivity index (χ0) is 6.85. The Kier molecular flexibility index (Phi) is 6.13. The second kappa shape index (κ2) is 5.16. The fourth-order valence-electron chi connectivity index (χ4n) is 0.502. The third kappa shape index (κ3) is 3.39. The highest BCUT2D eigenvalue weighted by atomic mass is 35.5. The van der Waals surface area contributed by atoms with Gasteiger partial charge in [-0.25, -0.2) is 8.78 Å². The van der Waals surface area contributed by atoms with Gasteiger partial charge in [0.05, 0.1) is 5.69 Å². The number of hydrogen-bond donors (Lipinski definition) is 1. The van der Waals surface area contributed by atoms with Crippen molar-refractivity contribution in [3.63, 3.8) is 0 Å². The van der Waals surface area contributed by atoms with E-state index in [1.165, 1.54) is 6.07 Å². The van der Waals surface area contributed by atoms with E-state index >= 15 is 0 Å². The molecule has 11 heavy (non-hydrogen) atoms. The van der Waals surface area contributed by atoms with Gasteiger partial charge in [-0.15, -0.1) is 24.8 Å². The number of halogens is 4. The van der Waals surface area contributed by atoms with E-state index in [1.807, 2.05) is 0 Å². The molecule has 0 aromatic heterocycles. The van der Waals surface area contributed by atoms with Crippen molar-refractivity contribution >= 4 is 30.5 Å². The second-order valence-electron chi connectivity index (χ2n) is 1.67. The minimum atomic E-state index is -0.713. The number of nitrogens with two attached hydrogens (primary N) is 1. The SMILES string of the molecule is Cl.Cl.Nc1ccc(F)cc1F. The first-order valence-corrected chi connectivity index (χ1v) is 2.40. The summed E-state index contributed by atoms with van der Waals surface area (Å²) in [5, 5.41) is 0. The van der Waals surface area contributed by atoms with Crippen molar-refractivity contribution in [2.45, 2.75) is 0 Å². The van der Waals surface area contributed by atoms with Gasteiger partial charge in [-0.2, -0.15) is 0 Å². The van der Waals surface area contributed by atoms with Crippen LogP contribution in [-0.2, 0) is 0 Å². The molecule has 0 fully saturated rings. The lowest BCUT2D eigenvalue weighted by Crippen LogP contribution is -1.89. The van der Waals surface area contributed by atoms with Gasteiger partial charge in [-0.1, -0.05) is 0 Å². The molecule has 0 unspecified atom stereocenters. The second-order valence-corrected chi connectivity index (χ2v) is 1.67. The molecule has 0 spiro atoms. The van der Waals surface area contributed by atoms with Gasteiger partial charge in [0.25, 0.3) is 0 Å². The summed E-state index contributed by atoms with van der Waals surface area (Å²) >= 11 is 0. The van der Waals surface area contributed by atoms with Gasteiger partial charge < -0.3 is 5.73 Å². The normalized spacial score (nSPS) is 7.82. The fourth-order valence-corrected chi connectivity index (χ4v) is 0.502. The summed E-state index contributed by atoms with van der Waals surface area (Å²) in [6.45, 7) is 0. The molecule has 0 bridgehead atoms. The molecule has 0 saturated carbocycles. The third-order valence-corrected chi connectivity index (χ3v) is 0.962. The molecule has 0 amide bonds. The molecule has 0 aliphatic heterocycles. The quantitative estimate of drug-likeness (QED) is 0.642. The predicted molar refractivity (Wildman–Crippen MR) is 45.3 cm³/mol. The molecule has 1 nitrogen and oxygen atoms in total. The van der Waals surface area contributed by atoms with Crippen LogP contribution >= 0.6 is 24.8 Å². The maximum atomic E-state index is 12.2. The number of hydrogen-bond acceptors (Lipinski definition) is 1. The third-order valence-electron chi connectivity index (χ3n) is 0.962. The number of anilines is 1. The Bertz CT molecular complexity index is 230. The summed E-state index contributed by atoms with van der Waals surface area (Å²) in [6.07, 6.45) is 0. The summed E-state index contributed by atoms with van der Waals surface area (Å²) in [6, 6.07) is 3.04. The maximum absolute atomic E-state index is 12.2. The predicted octanol–water partition coefficient (Wildman–Crippen LogP) is 2.39. The molecule has 0 heterocycles. The Morgan fingerprint density at radius 2 is 1.64 bits per heavy atom. The first-order valence-electron chi connectivity index (χ1n) is 2.40. The monoisotopic (exact) mass is 201 g/mol. The van der Waals surface area contributed by atoms with Crippen LogP contribution < -0.4 is 5.73 Å². The van der Waals surface area contributed by atoms with Crippen LogP contribution in [0.5, 0.6) is 0 Å². The lowest BCUT2D eigenvalue weighted by Gasteiger charge is -1.92. The van der Waals surface area contributed by atoms with E-state index in [2.05, 4.69) is 0 Å². The van der Waals surface area contributed by atoms with Gasteiger partial charge in [0.1, 0.15) is 11.6 Å². The van der Waals surface area contributed by atoms with Crippen LogP contribution in [0.4, 0.5) is 14.5 Å². The Hall–Kier alpha value is -0.540. The van der Waals surface area contributed by atoms with Crippen LogP contribution in [-0.4, -0.2) is 0 Å². The van der Waals surface area contributed by atoms with Crippen molar-refractivity contribution in [2.24, 2.45) is 0 Å². The molecule has 1 aromatic rings. The molecule has 0 saturated heterocycles. The van der Waals surface area contributed by atoms with Gasteiger partial charge >= 0.3 is 0 Å². The number of benzene rings is 1. The highest BCUT2D eigenvalue weighted by Gasteiger charge is 1.96. The lowest BCUT2D eigenvalue weighted by atomic mass is 10.3. The van der Waals surface area contributed by atoms with Crippen molar-refractivity contribution in [3.05, 3.63) is 29.8 Å². The van der Waals surface area contributed by atoms with Crippen LogP contribution in [0, 0.1) is 11.6 Å². The Labute approximate surface area is 75.4 Å². The van der Waals surface area contributed by atoms with Crippen LogP contribution in [0.3, 0.4) is 0 Å². The molecule has 2 N–H and O–H groups in total. The average molecular weight is 202 g/mol. The van der Waals surface area contributed by atoms with Crippen molar-refractivity contribution < 1.29 is 8.78 Å². The topological polar surface area (TPSA) is 26.0 Å². The van der Waals surface area contributed by atoms with Crippen molar-refractivity contribution in [1.29, 1.82) is 0 Å². The van der Waals surface area contributed by atoms with Gasteiger partial charge in [-0.3, -0.25) is 0 Å². The van der Waals surface area contributed by atoms with E-state index in [0.29, 0.717) is 0 Å². The van der Waals surface area contributed by atoms with E-state index < -0.39 is 11.6 Å². The largest absolute Gasteiger partial charge is 0.396 e. The molecular formula is C6H7Cl2F2N. The number of rotatable bonds is 0. The molecule has 1 rings (SSSR count). The van der Waals surface area contributed by atoms with Crippen molar-refractivity contribution in [3.8, 4) is 0 Å². The standard InChI is InChI=1S/C6H5F2N.2ClH/c7-4-1-2-6(9)5(8)3-4;;/h1-3H,9H2;2*1H. The fraction of sp³-hybridized carbons (Fsp3) is 0. The Morgan fingerprint density at radius 3 is 2.00 bits per heavy atom. The smallest absolute Gasteiger partial charge is 0.148 e. The molecule has 64 valence electrons. The molecule has 0 aliphatic carbocycles. The van der Waals surface area contributed by atoms with Gasteiger partial charge in [0, 0.05) is 6.07 Å². The Morgan fingerprint density at radius 1 is 1.09 bits per heavy atom. The maximum Gasteiger partial charge on any atom is 0.148 e. The van der Waals surface area contributed by atoms with E-state index in [4.69, 9.17) is 5.73 Å². The van der Waals surface area contributed by atoms with Crippen molar-refractivity contribution in [1.82, 2.24) is 0 Å². The van der Waals surface area contributed by atoms with E-state index in [1.54, 1.807) is 0 Å². The minimum absolute atomic E-state index is 0. The number of nitrogen functional groups attached to an aromatic ring is 1. The zero-order valence-corrected chi connectivity index (χ0v) is 7.01. The van der Waals surface area contributed by atoms with Crippen LogP contribution in [0.25, 0.3) is 0 Å². The summed E-state index contributed by atoms with van der Waals surface area (Å²) in [4.78, 5) is 0. The summed E-state index contributed by atoms with van der Waals surface area (Å²) < 4.78 is 24.3. The summed E-state index contributed by atoms with van der Waals surface area (Å²) in [7, 11) is 0. The minimum Gasteiger partial charge on any atom is -0.396 e. The molecule has 1 aromatic carbocycles.